The van der Waals surface area contributed by atoms with Crippen molar-refractivity contribution in [3.05, 3.63) is 35.9 Å². The number of hydrogen-bond donors (Lipinski definition) is 0. The van der Waals surface area contributed by atoms with Crippen LogP contribution < -0.4 is 0 Å². The maximum atomic E-state index is 3.72. The number of rotatable bonds is 5. The molecule has 0 heterocycles. The van der Waals surface area contributed by atoms with Gasteiger partial charge in [-0.25, -0.2) is 0 Å². The minimum Gasteiger partial charge on any atom is -0.0894 e. The molecular weight excluding hydrogens is 304 g/mol. The predicted octanol–water partition coefficient (Wildman–Crippen LogP) is 5.08. The predicted molar refractivity (Wildman–Crippen MR) is 70.4 cm³/mol. The maximum Gasteiger partial charge on any atom is 0.0395 e. The van der Waals surface area contributed by atoms with Gasteiger partial charge in [-0.1, -0.05) is 75.5 Å². The van der Waals surface area contributed by atoms with Gasteiger partial charge < -0.3 is 0 Å². The molecule has 1 rings (SSSR count). The van der Waals surface area contributed by atoms with Crippen LogP contribution in [0.15, 0.2) is 30.3 Å². The molecule has 0 aromatic heterocycles. The molecule has 2 heteroatoms. The summed E-state index contributed by atoms with van der Waals surface area (Å²) in [5.74, 6) is 0. The van der Waals surface area contributed by atoms with Crippen LogP contribution in [-0.2, 0) is 0 Å². The molecule has 0 saturated carbocycles. The third kappa shape index (κ3) is 4.61. The number of alkyl halides is 2. The summed E-state index contributed by atoms with van der Waals surface area (Å²) in [7, 11) is 0. The highest BCUT2D eigenvalue weighted by molar-refractivity contribution is 9.09. The summed E-state index contributed by atoms with van der Waals surface area (Å²) in [6, 6.07) is 10.6. The van der Waals surface area contributed by atoms with Gasteiger partial charge in [0.15, 0.2) is 0 Å². The Labute approximate surface area is 103 Å². The third-order valence-corrected chi connectivity index (χ3v) is 3.67. The minimum atomic E-state index is 0.509. The highest BCUT2D eigenvalue weighted by Crippen LogP contribution is 2.28. The summed E-state index contributed by atoms with van der Waals surface area (Å²) in [4.78, 5) is 1.15. The third-order valence-electron chi connectivity index (χ3n) is 2.22. The van der Waals surface area contributed by atoms with E-state index in [-0.39, 0.29) is 0 Å². The second kappa shape index (κ2) is 6.62. The van der Waals surface area contributed by atoms with Crippen molar-refractivity contribution in [2.24, 2.45) is 0 Å². The smallest absolute Gasteiger partial charge is 0.0395 e. The Morgan fingerprint density at radius 3 is 2.29 bits per heavy atom. The van der Waals surface area contributed by atoms with Crippen molar-refractivity contribution in [3.63, 3.8) is 0 Å². The van der Waals surface area contributed by atoms with Crippen molar-refractivity contribution in [3.8, 4) is 0 Å². The van der Waals surface area contributed by atoms with E-state index >= 15 is 0 Å². The lowest BCUT2D eigenvalue weighted by Gasteiger charge is -2.10. The van der Waals surface area contributed by atoms with Gasteiger partial charge in [0.1, 0.15) is 0 Å². The van der Waals surface area contributed by atoms with E-state index < -0.39 is 0 Å². The highest BCUT2D eigenvalue weighted by atomic mass is 79.9. The van der Waals surface area contributed by atoms with E-state index in [2.05, 4.69) is 69.1 Å². The molecule has 0 aliphatic heterocycles. The van der Waals surface area contributed by atoms with E-state index in [4.69, 9.17) is 0 Å². The number of hydrogen-bond acceptors (Lipinski definition) is 0. The van der Waals surface area contributed by atoms with E-state index in [0.717, 1.165) is 0 Å². The first-order valence-corrected chi connectivity index (χ1v) is 6.86. The highest BCUT2D eigenvalue weighted by Gasteiger charge is 2.06. The van der Waals surface area contributed by atoms with Gasteiger partial charge in [0.2, 0.25) is 0 Å². The molecule has 0 bridgehead atoms. The van der Waals surface area contributed by atoms with Gasteiger partial charge in [-0.05, 0) is 18.4 Å². The normalized spacial score (nSPS) is 15.1. The lowest BCUT2D eigenvalue weighted by molar-refractivity contribution is 0.677. The molecule has 14 heavy (non-hydrogen) atoms. The summed E-state index contributed by atoms with van der Waals surface area (Å²) in [5.41, 5.74) is 1.38. The van der Waals surface area contributed by atoms with Crippen LogP contribution in [0.1, 0.15) is 36.6 Å². The molecule has 0 spiro atoms. The van der Waals surface area contributed by atoms with Crippen LogP contribution >= 0.6 is 31.9 Å². The molecule has 0 aliphatic carbocycles. The average molecular weight is 320 g/mol. The molecule has 0 N–H and O–H groups in total. The van der Waals surface area contributed by atoms with Gasteiger partial charge >= 0.3 is 0 Å². The van der Waals surface area contributed by atoms with Gasteiger partial charge in [-0.15, -0.1) is 0 Å². The quantitative estimate of drug-likeness (QED) is 0.664. The van der Waals surface area contributed by atoms with Crippen molar-refractivity contribution in [1.82, 2.24) is 0 Å². The van der Waals surface area contributed by atoms with Crippen molar-refractivity contribution >= 4 is 31.9 Å². The van der Waals surface area contributed by atoms with Crippen LogP contribution in [0.25, 0.3) is 0 Å². The Morgan fingerprint density at radius 1 is 1.07 bits per heavy atom. The van der Waals surface area contributed by atoms with Gasteiger partial charge in [0.05, 0.1) is 0 Å². The molecule has 0 radical (unpaired) electrons. The summed E-state index contributed by atoms with van der Waals surface area (Å²) in [6.07, 6.45) is 3.71. The van der Waals surface area contributed by atoms with Crippen LogP contribution in [0.5, 0.6) is 0 Å². The number of halogens is 2. The molecule has 2 atom stereocenters. The molecule has 0 aliphatic rings. The fourth-order valence-electron chi connectivity index (χ4n) is 1.41. The standard InChI is InChI=1S/C12H16Br2/c1-10(13)6-5-9-12(14)11-7-3-2-4-8-11/h2-4,7-8,10,12H,5-6,9H2,1H3. The number of benzene rings is 1. The Morgan fingerprint density at radius 2 is 1.71 bits per heavy atom. The zero-order valence-corrected chi connectivity index (χ0v) is 11.6. The van der Waals surface area contributed by atoms with Gasteiger partial charge in [-0.3, -0.25) is 0 Å². The van der Waals surface area contributed by atoms with Crippen LogP contribution in [-0.4, -0.2) is 4.83 Å². The van der Waals surface area contributed by atoms with Crippen molar-refractivity contribution in [2.45, 2.75) is 35.8 Å². The molecule has 0 nitrogen and oxygen atoms in total. The molecule has 0 fully saturated rings. The van der Waals surface area contributed by atoms with E-state index in [1.807, 2.05) is 0 Å². The minimum absolute atomic E-state index is 0.509. The van der Waals surface area contributed by atoms with Crippen LogP contribution in [0.3, 0.4) is 0 Å². The van der Waals surface area contributed by atoms with Crippen molar-refractivity contribution in [2.75, 3.05) is 0 Å². The second-order valence-corrected chi connectivity index (χ2v) is 6.26. The van der Waals surface area contributed by atoms with Gasteiger partial charge in [-0.2, -0.15) is 0 Å². The summed E-state index contributed by atoms with van der Waals surface area (Å²) in [6.45, 7) is 2.20. The van der Waals surface area contributed by atoms with E-state index in [9.17, 15) is 0 Å². The van der Waals surface area contributed by atoms with E-state index in [1.54, 1.807) is 0 Å². The lowest BCUT2D eigenvalue weighted by atomic mass is 10.1. The van der Waals surface area contributed by atoms with Crippen molar-refractivity contribution in [1.29, 1.82) is 0 Å². The molecule has 1 aromatic carbocycles. The van der Waals surface area contributed by atoms with Crippen LogP contribution in [0.2, 0.25) is 0 Å². The lowest BCUT2D eigenvalue weighted by Crippen LogP contribution is -1.93. The summed E-state index contributed by atoms with van der Waals surface area (Å²) in [5, 5.41) is 0. The fraction of sp³-hybridized carbons (Fsp3) is 0.500. The molecular formula is C12H16Br2. The largest absolute Gasteiger partial charge is 0.0894 e. The summed E-state index contributed by atoms with van der Waals surface area (Å²) < 4.78 is 0. The van der Waals surface area contributed by atoms with Crippen LogP contribution in [0, 0.1) is 0 Å². The average Bonchev–Trinajstić information content (AvgIpc) is 2.18. The topological polar surface area (TPSA) is 0 Å². The Hall–Kier alpha value is 0.180. The Balaban J connectivity index is 2.32. The Bertz CT molecular complexity index is 244. The first kappa shape index (κ1) is 12.3. The SMILES string of the molecule is CC(Br)CCCC(Br)c1ccccc1. The zero-order valence-electron chi connectivity index (χ0n) is 8.42. The van der Waals surface area contributed by atoms with E-state index in [0.29, 0.717) is 9.65 Å². The first-order valence-electron chi connectivity index (χ1n) is 5.03. The maximum absolute atomic E-state index is 3.72. The zero-order chi connectivity index (χ0) is 10.4. The first-order chi connectivity index (χ1) is 6.70. The van der Waals surface area contributed by atoms with Crippen molar-refractivity contribution < 1.29 is 0 Å². The monoisotopic (exact) mass is 318 g/mol. The fourth-order valence-corrected chi connectivity index (χ4v) is 2.36. The van der Waals surface area contributed by atoms with E-state index in [1.165, 1.54) is 24.8 Å². The molecule has 0 amide bonds. The molecule has 2 unspecified atom stereocenters. The van der Waals surface area contributed by atoms with Crippen LogP contribution in [0.4, 0.5) is 0 Å². The van der Waals surface area contributed by atoms with Gasteiger partial charge in [0.25, 0.3) is 0 Å². The summed E-state index contributed by atoms with van der Waals surface area (Å²) >= 11 is 7.29. The second-order valence-electron chi connectivity index (χ2n) is 3.59. The molecule has 78 valence electrons. The van der Waals surface area contributed by atoms with Gasteiger partial charge in [0, 0.05) is 9.65 Å². The molecule has 0 saturated heterocycles. The Kier molecular flexibility index (Phi) is 5.80. The molecule has 1 aromatic rings.